The van der Waals surface area contributed by atoms with Gasteiger partial charge in [-0.15, -0.1) is 0 Å². The highest BCUT2D eigenvalue weighted by molar-refractivity contribution is 7.82. The van der Waals surface area contributed by atoms with E-state index in [4.69, 9.17) is 4.74 Å². The van der Waals surface area contributed by atoms with Gasteiger partial charge in [-0.1, -0.05) is 188 Å². The quantitative estimate of drug-likeness (QED) is 0.169. The maximum atomic E-state index is 7.39. The molecule has 0 atom stereocenters. The average Bonchev–Trinajstić information content (AvgIpc) is 3.13. The molecule has 0 aliphatic carbocycles. The fourth-order valence-electron chi connectivity index (χ4n) is 6.19. The maximum absolute atomic E-state index is 7.39. The number of hydrogen-bond acceptors (Lipinski definition) is 1. The zero-order chi connectivity index (χ0) is 30.7. The van der Waals surface area contributed by atoms with Gasteiger partial charge < -0.3 is 4.74 Å². The summed E-state index contributed by atoms with van der Waals surface area (Å²) in [6.07, 6.45) is 0. The van der Waals surface area contributed by atoms with Crippen LogP contribution in [0, 0.1) is 0 Å². The molecule has 1 aliphatic heterocycles. The van der Waals surface area contributed by atoms with Gasteiger partial charge in [-0.3, -0.25) is 0 Å². The summed E-state index contributed by atoms with van der Waals surface area (Å²) < 4.78 is 7.39. The Morgan fingerprint density at radius 1 is 0.326 bits per heavy atom. The Kier molecular flexibility index (Phi) is 8.31. The van der Waals surface area contributed by atoms with Crippen molar-refractivity contribution in [1.29, 1.82) is 0 Å². The summed E-state index contributed by atoms with van der Waals surface area (Å²) >= 11 is 0. The first-order valence-corrected chi connectivity index (χ1v) is 19.5. The molecular formula is C42H31OP3. The molecule has 4 heteroatoms. The maximum Gasteiger partial charge on any atom is 0.144 e. The highest BCUT2D eigenvalue weighted by Gasteiger charge is 2.35. The van der Waals surface area contributed by atoms with Gasteiger partial charge in [-0.2, -0.15) is 0 Å². The summed E-state index contributed by atoms with van der Waals surface area (Å²) in [5, 5.41) is 11.7. The van der Waals surface area contributed by atoms with Crippen LogP contribution < -0.4 is 52.5 Å². The van der Waals surface area contributed by atoms with Gasteiger partial charge in [0.05, 0.1) is 0 Å². The minimum absolute atomic E-state index is 0.860. The van der Waals surface area contributed by atoms with Gasteiger partial charge in [0.15, 0.2) is 0 Å². The molecule has 0 bridgehead atoms. The molecule has 0 saturated heterocycles. The summed E-state index contributed by atoms with van der Waals surface area (Å²) in [6.45, 7) is 0. The van der Waals surface area contributed by atoms with Crippen LogP contribution in [0.15, 0.2) is 188 Å². The fourth-order valence-corrected chi connectivity index (χ4v) is 13.7. The summed E-state index contributed by atoms with van der Waals surface area (Å²) in [6, 6.07) is 68.5. The summed E-state index contributed by atoms with van der Waals surface area (Å²) in [5.74, 6) is 2.04. The Balaban J connectivity index is 1.39. The zero-order valence-electron chi connectivity index (χ0n) is 25.1. The molecule has 0 saturated carbocycles. The molecule has 46 heavy (non-hydrogen) atoms. The second-order valence-corrected chi connectivity index (χ2v) is 17.6. The molecule has 1 heterocycles. The van der Waals surface area contributed by atoms with E-state index >= 15 is 0 Å². The minimum atomic E-state index is -0.860. The monoisotopic (exact) mass is 644 g/mol. The fraction of sp³-hybridized carbons (Fsp3) is 0. The molecule has 0 fully saturated rings. The first kappa shape index (κ1) is 29.1. The van der Waals surface area contributed by atoms with Crippen molar-refractivity contribution in [2.45, 2.75) is 0 Å². The van der Waals surface area contributed by atoms with Crippen LogP contribution in [0.4, 0.5) is 0 Å². The summed E-state index contributed by atoms with van der Waals surface area (Å²) in [5.41, 5.74) is 0. The number of fused-ring (bicyclic) bond motifs is 2. The predicted octanol–water partition coefficient (Wildman–Crippen LogP) is 7.07. The molecule has 0 amide bonds. The van der Waals surface area contributed by atoms with Crippen molar-refractivity contribution >= 4 is 71.5 Å². The lowest BCUT2D eigenvalue weighted by molar-refractivity contribution is 0.496. The van der Waals surface area contributed by atoms with Crippen LogP contribution in [-0.4, -0.2) is 0 Å². The molecular weight excluding hydrogens is 613 g/mol. The van der Waals surface area contributed by atoms with E-state index in [0.717, 1.165) is 11.5 Å². The van der Waals surface area contributed by atoms with E-state index in [9.17, 15) is 0 Å². The van der Waals surface area contributed by atoms with Gasteiger partial charge in [-0.05, 0) is 50.3 Å². The Labute approximate surface area is 274 Å². The van der Waals surface area contributed by atoms with Gasteiger partial charge in [0.25, 0.3) is 0 Å². The van der Waals surface area contributed by atoms with E-state index in [1.165, 1.54) is 47.7 Å². The van der Waals surface area contributed by atoms with Crippen LogP contribution in [0.25, 0.3) is 0 Å². The normalized spacial score (nSPS) is 12.4. The lowest BCUT2D eigenvalue weighted by Gasteiger charge is -2.34. The van der Waals surface area contributed by atoms with Crippen molar-refractivity contribution < 1.29 is 4.74 Å². The number of hydrogen-bond donors (Lipinski definition) is 0. The van der Waals surface area contributed by atoms with Crippen molar-refractivity contribution in [2.24, 2.45) is 0 Å². The molecule has 0 N–H and O–H groups in total. The Morgan fingerprint density at radius 2 is 0.652 bits per heavy atom. The third kappa shape index (κ3) is 5.51. The van der Waals surface area contributed by atoms with Gasteiger partial charge in [0, 0.05) is 21.2 Å². The molecule has 1 nitrogen and oxygen atoms in total. The lowest BCUT2D eigenvalue weighted by Crippen LogP contribution is -2.35. The van der Waals surface area contributed by atoms with Crippen LogP contribution in [0.3, 0.4) is 0 Å². The Morgan fingerprint density at radius 3 is 1.00 bits per heavy atom. The van der Waals surface area contributed by atoms with Gasteiger partial charge in [0.1, 0.15) is 11.5 Å². The standard InChI is InChI=1S/C42H31OP3/c1-6-18-32(19-7-1)44(33-20-8-2-9-21-33)37-28-16-30-39-41(37)43-42-38(29-17-31-40(42)46(39)36-26-14-5-15-27-36)45(34-22-10-3-11-23-34)35-24-12-4-13-25-35/h1-31H. The predicted molar refractivity (Wildman–Crippen MR) is 203 cm³/mol. The zero-order valence-corrected chi connectivity index (χ0v) is 27.8. The number of rotatable bonds is 7. The highest BCUT2D eigenvalue weighted by atomic mass is 31.1. The Bertz CT molecular complexity index is 1860. The molecule has 1 aliphatic rings. The minimum Gasteiger partial charge on any atom is -0.455 e. The topological polar surface area (TPSA) is 9.23 Å². The lowest BCUT2D eigenvalue weighted by atomic mass is 10.3. The van der Waals surface area contributed by atoms with E-state index in [1.807, 2.05) is 0 Å². The van der Waals surface area contributed by atoms with E-state index < -0.39 is 23.8 Å². The van der Waals surface area contributed by atoms with E-state index in [2.05, 4.69) is 188 Å². The van der Waals surface area contributed by atoms with Gasteiger partial charge in [-0.25, -0.2) is 0 Å². The second kappa shape index (κ2) is 13.2. The van der Waals surface area contributed by atoms with Crippen LogP contribution in [0.1, 0.15) is 0 Å². The van der Waals surface area contributed by atoms with Crippen LogP contribution in [0.2, 0.25) is 0 Å². The van der Waals surface area contributed by atoms with Crippen molar-refractivity contribution in [3.63, 3.8) is 0 Å². The van der Waals surface area contributed by atoms with E-state index in [-0.39, 0.29) is 0 Å². The third-order valence-electron chi connectivity index (χ3n) is 8.19. The summed E-state index contributed by atoms with van der Waals surface area (Å²) in [7, 11) is -2.58. The number of benzene rings is 7. The molecule has 0 unspecified atom stereocenters. The molecule has 8 rings (SSSR count). The van der Waals surface area contributed by atoms with Crippen molar-refractivity contribution in [1.82, 2.24) is 0 Å². The van der Waals surface area contributed by atoms with Crippen molar-refractivity contribution in [2.75, 3.05) is 0 Å². The highest BCUT2D eigenvalue weighted by Crippen LogP contribution is 2.49. The van der Waals surface area contributed by atoms with Gasteiger partial charge in [0.2, 0.25) is 0 Å². The number of para-hydroxylation sites is 2. The molecule has 7 aromatic rings. The van der Waals surface area contributed by atoms with E-state index in [0.29, 0.717) is 0 Å². The van der Waals surface area contributed by atoms with E-state index in [1.54, 1.807) is 0 Å². The number of ether oxygens (including phenoxy) is 1. The largest absolute Gasteiger partial charge is 0.455 e. The van der Waals surface area contributed by atoms with Crippen molar-refractivity contribution in [3.05, 3.63) is 188 Å². The van der Waals surface area contributed by atoms with Crippen LogP contribution in [-0.2, 0) is 0 Å². The molecule has 0 radical (unpaired) electrons. The van der Waals surface area contributed by atoms with Gasteiger partial charge >= 0.3 is 0 Å². The van der Waals surface area contributed by atoms with Crippen LogP contribution in [0.5, 0.6) is 11.5 Å². The molecule has 0 spiro atoms. The third-order valence-corrected chi connectivity index (χ3v) is 15.6. The Hall–Kier alpha value is -4.37. The average molecular weight is 645 g/mol. The molecule has 0 aromatic heterocycles. The molecule has 220 valence electrons. The first-order chi connectivity index (χ1) is 22.9. The summed E-state index contributed by atoms with van der Waals surface area (Å²) in [4.78, 5) is 0. The van der Waals surface area contributed by atoms with Crippen molar-refractivity contribution in [3.8, 4) is 11.5 Å². The second-order valence-electron chi connectivity index (χ2n) is 11.0. The molecule has 7 aromatic carbocycles. The first-order valence-electron chi connectivity index (χ1n) is 15.5. The SMILES string of the molecule is c1ccc(P(c2ccccc2)c2cccc3c2Oc2c(P(c4ccccc4)c4ccccc4)cccc2P3c2ccccc2)cc1. The smallest absolute Gasteiger partial charge is 0.144 e. The van der Waals surface area contributed by atoms with Crippen LogP contribution >= 0.6 is 23.8 Å².